The molecule has 0 unspecified atom stereocenters. The summed E-state index contributed by atoms with van der Waals surface area (Å²) in [5, 5.41) is 0. The molecule has 0 radical (unpaired) electrons. The van der Waals surface area contributed by atoms with E-state index in [1.54, 1.807) is 21.3 Å². The first-order valence-corrected chi connectivity index (χ1v) is 14.4. The van der Waals surface area contributed by atoms with Gasteiger partial charge in [0.05, 0.1) is 0 Å². The lowest BCUT2D eigenvalue weighted by Gasteiger charge is -2.37. The summed E-state index contributed by atoms with van der Waals surface area (Å²) in [6.45, 7) is 13.4. The SMILES string of the molecule is CO[Si](CCCN(CCN1CCCCC1)[Si](C)(C)C)(OC)OC. The summed E-state index contributed by atoms with van der Waals surface area (Å²) in [5.74, 6) is 0. The molecule has 0 saturated carbocycles. The third-order valence-electron chi connectivity index (χ3n) is 4.93. The summed E-state index contributed by atoms with van der Waals surface area (Å²) in [5.41, 5.74) is 0. The zero-order valence-corrected chi connectivity index (χ0v) is 18.2. The Bertz CT molecular complexity index is 309. The third-order valence-corrected chi connectivity index (χ3v) is 10.1. The van der Waals surface area contributed by atoms with Crippen molar-refractivity contribution in [1.29, 1.82) is 0 Å². The Morgan fingerprint density at radius 2 is 1.43 bits per heavy atom. The molecule has 0 aromatic heterocycles. The molecular weight excluding hydrogens is 324 g/mol. The Kier molecular flexibility index (Phi) is 9.51. The number of nitrogens with zero attached hydrogens (tertiary/aromatic N) is 2. The fraction of sp³-hybridized carbons (Fsp3) is 1.00. The van der Waals surface area contributed by atoms with Crippen LogP contribution in [0.15, 0.2) is 0 Å². The first-order chi connectivity index (χ1) is 10.9. The number of rotatable bonds is 11. The van der Waals surface area contributed by atoms with Crippen molar-refractivity contribution in [3.05, 3.63) is 0 Å². The monoisotopic (exact) mass is 362 g/mol. The summed E-state index contributed by atoms with van der Waals surface area (Å²) < 4.78 is 19.3. The maximum Gasteiger partial charge on any atom is 0.500 e. The number of hydrogen-bond acceptors (Lipinski definition) is 5. The maximum atomic E-state index is 5.54. The Morgan fingerprint density at radius 3 is 1.91 bits per heavy atom. The zero-order valence-electron chi connectivity index (χ0n) is 16.2. The van der Waals surface area contributed by atoms with Crippen LogP contribution in [0.3, 0.4) is 0 Å². The molecule has 0 bridgehead atoms. The van der Waals surface area contributed by atoms with Crippen LogP contribution in [0.2, 0.25) is 25.7 Å². The number of hydrogen-bond donors (Lipinski definition) is 0. The largest absolute Gasteiger partial charge is 0.500 e. The van der Waals surface area contributed by atoms with Gasteiger partial charge in [-0.1, -0.05) is 26.1 Å². The van der Waals surface area contributed by atoms with Crippen molar-refractivity contribution in [1.82, 2.24) is 9.47 Å². The molecule has 1 saturated heterocycles. The first kappa shape index (κ1) is 21.3. The van der Waals surface area contributed by atoms with Crippen molar-refractivity contribution in [3.63, 3.8) is 0 Å². The van der Waals surface area contributed by atoms with E-state index in [4.69, 9.17) is 13.3 Å². The first-order valence-electron chi connectivity index (χ1n) is 9.00. The Balaban J connectivity index is 2.45. The molecule has 7 heteroatoms. The minimum absolute atomic E-state index is 0.890. The molecule has 1 rings (SSSR count). The molecule has 0 atom stereocenters. The standard InChI is InChI=1S/C16H38N2O3Si2/c1-19-23(20-2,21-3)16-10-13-18(22(4,5)6)15-14-17-11-8-7-9-12-17/h7-16H2,1-6H3. The predicted molar refractivity (Wildman–Crippen MR) is 101 cm³/mol. The highest BCUT2D eigenvalue weighted by molar-refractivity contribution is 6.73. The van der Waals surface area contributed by atoms with Gasteiger partial charge in [0, 0.05) is 40.5 Å². The highest BCUT2D eigenvalue weighted by atomic mass is 28.4. The number of likely N-dealkylation sites (tertiary alicyclic amines) is 1. The van der Waals surface area contributed by atoms with Gasteiger partial charge in [0.15, 0.2) is 0 Å². The van der Waals surface area contributed by atoms with Crippen LogP contribution >= 0.6 is 0 Å². The zero-order chi connectivity index (χ0) is 17.3. The van der Waals surface area contributed by atoms with Gasteiger partial charge in [0.2, 0.25) is 0 Å². The average Bonchev–Trinajstić information content (AvgIpc) is 2.55. The summed E-state index contributed by atoms with van der Waals surface area (Å²) >= 11 is 0. The van der Waals surface area contributed by atoms with Gasteiger partial charge in [-0.3, -0.25) is 0 Å². The fourth-order valence-corrected chi connectivity index (χ4v) is 6.57. The van der Waals surface area contributed by atoms with Crippen LogP contribution in [0.25, 0.3) is 0 Å². The normalized spacial score (nSPS) is 17.9. The summed E-state index contributed by atoms with van der Waals surface area (Å²) in [7, 11) is 1.38. The van der Waals surface area contributed by atoms with Gasteiger partial charge in [0.1, 0.15) is 8.24 Å². The molecule has 1 fully saturated rings. The molecule has 0 aromatic carbocycles. The molecule has 1 aliphatic rings. The highest BCUT2D eigenvalue weighted by Gasteiger charge is 2.37. The molecule has 0 spiro atoms. The van der Waals surface area contributed by atoms with Gasteiger partial charge in [0.25, 0.3) is 0 Å². The molecule has 138 valence electrons. The second-order valence-electron chi connectivity index (χ2n) is 7.46. The van der Waals surface area contributed by atoms with Crippen LogP contribution in [0.5, 0.6) is 0 Å². The predicted octanol–water partition coefficient (Wildman–Crippen LogP) is 2.88. The second kappa shape index (κ2) is 10.3. The van der Waals surface area contributed by atoms with Crippen molar-refractivity contribution in [2.45, 2.75) is 51.4 Å². The summed E-state index contributed by atoms with van der Waals surface area (Å²) in [6.07, 6.45) is 5.23. The Morgan fingerprint density at radius 1 is 0.870 bits per heavy atom. The minimum atomic E-state index is -2.42. The van der Waals surface area contributed by atoms with E-state index in [0.29, 0.717) is 0 Å². The van der Waals surface area contributed by atoms with E-state index in [1.807, 2.05) is 0 Å². The van der Waals surface area contributed by atoms with E-state index in [1.165, 1.54) is 45.4 Å². The van der Waals surface area contributed by atoms with Gasteiger partial charge in [-0.05, 0) is 38.9 Å². The summed E-state index contributed by atoms with van der Waals surface area (Å²) in [4.78, 5) is 2.63. The molecule has 1 heterocycles. The number of piperidine rings is 1. The van der Waals surface area contributed by atoms with E-state index in [2.05, 4.69) is 29.1 Å². The maximum absolute atomic E-state index is 5.54. The summed E-state index contributed by atoms with van der Waals surface area (Å²) in [6, 6.07) is 0.890. The van der Waals surface area contributed by atoms with Crippen LogP contribution < -0.4 is 0 Å². The van der Waals surface area contributed by atoms with E-state index < -0.39 is 17.0 Å². The Labute approximate surface area is 145 Å². The molecular formula is C16H38N2O3Si2. The van der Waals surface area contributed by atoms with Crippen molar-refractivity contribution in [3.8, 4) is 0 Å². The van der Waals surface area contributed by atoms with E-state index in [9.17, 15) is 0 Å². The van der Waals surface area contributed by atoms with Crippen molar-refractivity contribution in [2.75, 3.05) is 54.1 Å². The fourth-order valence-electron chi connectivity index (χ4n) is 3.27. The lowest BCUT2D eigenvalue weighted by atomic mass is 10.1. The van der Waals surface area contributed by atoms with Crippen molar-refractivity contribution in [2.24, 2.45) is 0 Å². The van der Waals surface area contributed by atoms with Gasteiger partial charge in [-0.25, -0.2) is 0 Å². The molecule has 23 heavy (non-hydrogen) atoms. The van der Waals surface area contributed by atoms with Gasteiger partial charge < -0.3 is 22.7 Å². The van der Waals surface area contributed by atoms with E-state index >= 15 is 0 Å². The molecule has 0 amide bonds. The van der Waals surface area contributed by atoms with Crippen molar-refractivity contribution >= 4 is 17.0 Å². The van der Waals surface area contributed by atoms with Crippen LogP contribution in [0.1, 0.15) is 25.7 Å². The molecule has 0 aliphatic carbocycles. The van der Waals surface area contributed by atoms with E-state index in [0.717, 1.165) is 19.0 Å². The van der Waals surface area contributed by atoms with Crippen LogP contribution in [-0.2, 0) is 13.3 Å². The third kappa shape index (κ3) is 7.33. The molecule has 0 aromatic rings. The van der Waals surface area contributed by atoms with Gasteiger partial charge in [-0.2, -0.15) is 0 Å². The average molecular weight is 363 g/mol. The molecule has 5 nitrogen and oxygen atoms in total. The van der Waals surface area contributed by atoms with Crippen LogP contribution in [0.4, 0.5) is 0 Å². The topological polar surface area (TPSA) is 34.2 Å². The van der Waals surface area contributed by atoms with Crippen LogP contribution in [-0.4, -0.2) is 80.6 Å². The highest BCUT2D eigenvalue weighted by Crippen LogP contribution is 2.18. The molecule has 0 N–H and O–H groups in total. The van der Waals surface area contributed by atoms with E-state index in [-0.39, 0.29) is 0 Å². The van der Waals surface area contributed by atoms with Crippen LogP contribution in [0, 0.1) is 0 Å². The van der Waals surface area contributed by atoms with Crippen molar-refractivity contribution < 1.29 is 13.3 Å². The Hall–Kier alpha value is 0.234. The lowest BCUT2D eigenvalue weighted by molar-refractivity contribution is 0.122. The van der Waals surface area contributed by atoms with Gasteiger partial charge in [-0.15, -0.1) is 0 Å². The molecule has 1 aliphatic heterocycles. The second-order valence-corrected chi connectivity index (χ2v) is 15.5. The quantitative estimate of drug-likeness (QED) is 0.528. The lowest BCUT2D eigenvalue weighted by Crippen LogP contribution is -2.51. The minimum Gasteiger partial charge on any atom is -0.377 e. The smallest absolute Gasteiger partial charge is 0.377 e. The van der Waals surface area contributed by atoms with Gasteiger partial charge >= 0.3 is 8.80 Å².